The van der Waals surface area contributed by atoms with Crippen LogP contribution in [-0.4, -0.2) is 36.6 Å². The lowest BCUT2D eigenvalue weighted by atomic mass is 9.95. The third-order valence-corrected chi connectivity index (χ3v) is 2.91. The van der Waals surface area contributed by atoms with Gasteiger partial charge in [-0.3, -0.25) is 9.69 Å². The van der Waals surface area contributed by atoms with Gasteiger partial charge in [-0.2, -0.15) is 0 Å². The largest absolute Gasteiger partial charge is 0.468 e. The molecule has 0 saturated carbocycles. The lowest BCUT2D eigenvalue weighted by Gasteiger charge is -2.43. The molecule has 3 heteroatoms. The molecule has 0 aliphatic carbocycles. The summed E-state index contributed by atoms with van der Waals surface area (Å²) in [6.45, 7) is 7.65. The van der Waals surface area contributed by atoms with Gasteiger partial charge in [0.2, 0.25) is 0 Å². The number of hydrogen-bond acceptors (Lipinski definition) is 3. The maximum Gasteiger partial charge on any atom is 0.323 e. The molecule has 1 heterocycles. The summed E-state index contributed by atoms with van der Waals surface area (Å²) in [6.07, 6.45) is 2.10. The van der Waals surface area contributed by atoms with E-state index < -0.39 is 0 Å². The van der Waals surface area contributed by atoms with Gasteiger partial charge in [-0.25, -0.2) is 0 Å². The predicted octanol–water partition coefficient (Wildman–Crippen LogP) is 1.67. The van der Waals surface area contributed by atoms with Crippen LogP contribution in [0.3, 0.4) is 0 Å². The van der Waals surface area contributed by atoms with Crippen LogP contribution in [0.25, 0.3) is 0 Å². The molecule has 0 bridgehead atoms. The Kier molecular flexibility index (Phi) is 3.93. The number of carbonyl (C=O) groups excluding carboxylic acids is 1. The molecule has 1 aliphatic rings. The van der Waals surface area contributed by atoms with E-state index in [1.165, 1.54) is 7.11 Å². The van der Waals surface area contributed by atoms with E-state index in [1.807, 2.05) is 0 Å². The zero-order valence-corrected chi connectivity index (χ0v) is 9.62. The van der Waals surface area contributed by atoms with Gasteiger partial charge in [0.25, 0.3) is 0 Å². The average Bonchev–Trinajstić information content (AvgIpc) is 2.00. The van der Waals surface area contributed by atoms with Gasteiger partial charge in [-0.15, -0.1) is 0 Å². The number of ether oxygens (including phenoxy) is 1. The first-order chi connectivity index (χ1) is 6.56. The van der Waals surface area contributed by atoms with Gasteiger partial charge in [-0.05, 0) is 25.7 Å². The Hall–Kier alpha value is -0.570. The lowest BCUT2D eigenvalue weighted by Crippen LogP contribution is -2.56. The molecule has 0 radical (unpaired) electrons. The minimum atomic E-state index is -0.0770. The lowest BCUT2D eigenvalue weighted by molar-refractivity contribution is -0.153. The van der Waals surface area contributed by atoms with E-state index in [0.717, 1.165) is 19.4 Å². The van der Waals surface area contributed by atoms with Crippen LogP contribution in [0.5, 0.6) is 0 Å². The Bertz CT molecular complexity index is 203. The molecule has 0 amide bonds. The number of methoxy groups -OCH3 is 1. The Morgan fingerprint density at radius 2 is 2.14 bits per heavy atom. The van der Waals surface area contributed by atoms with E-state index in [2.05, 4.69) is 25.7 Å². The van der Waals surface area contributed by atoms with Crippen molar-refractivity contribution in [2.75, 3.05) is 13.7 Å². The summed E-state index contributed by atoms with van der Waals surface area (Å²) in [6, 6.07) is 0.515. The highest BCUT2D eigenvalue weighted by molar-refractivity contribution is 5.76. The molecule has 0 aromatic heterocycles. The van der Waals surface area contributed by atoms with Gasteiger partial charge in [0, 0.05) is 12.6 Å². The van der Waals surface area contributed by atoms with Crippen LogP contribution in [0.2, 0.25) is 0 Å². The minimum absolute atomic E-state index is 0.0220. The molecular weight excluding hydrogens is 178 g/mol. The maximum absolute atomic E-state index is 11.3. The van der Waals surface area contributed by atoms with Gasteiger partial charge in [0.15, 0.2) is 0 Å². The molecule has 1 fully saturated rings. The van der Waals surface area contributed by atoms with E-state index in [-0.39, 0.29) is 12.0 Å². The van der Waals surface area contributed by atoms with Crippen molar-refractivity contribution in [3.8, 4) is 0 Å². The molecule has 1 rings (SSSR count). The van der Waals surface area contributed by atoms with Crippen LogP contribution < -0.4 is 0 Å². The number of hydrogen-bond donors (Lipinski definition) is 0. The highest BCUT2D eigenvalue weighted by Gasteiger charge is 2.37. The molecule has 0 aromatic rings. The van der Waals surface area contributed by atoms with Crippen LogP contribution in [0.15, 0.2) is 0 Å². The Labute approximate surface area is 86.4 Å². The van der Waals surface area contributed by atoms with Crippen molar-refractivity contribution in [3.63, 3.8) is 0 Å². The topological polar surface area (TPSA) is 29.5 Å². The molecule has 3 nitrogen and oxygen atoms in total. The highest BCUT2D eigenvalue weighted by Crippen LogP contribution is 2.24. The summed E-state index contributed by atoms with van der Waals surface area (Å²) in [4.78, 5) is 13.6. The summed E-state index contributed by atoms with van der Waals surface area (Å²) in [5.41, 5.74) is 0. The van der Waals surface area contributed by atoms with E-state index in [9.17, 15) is 4.79 Å². The summed E-state index contributed by atoms with van der Waals surface area (Å²) in [5, 5.41) is 0. The normalized spacial score (nSPS) is 24.5. The zero-order valence-electron chi connectivity index (χ0n) is 9.62. The van der Waals surface area contributed by atoms with Crippen molar-refractivity contribution in [2.45, 2.75) is 45.7 Å². The fraction of sp³-hybridized carbons (Fsp3) is 0.909. The van der Waals surface area contributed by atoms with Crippen LogP contribution in [0.4, 0.5) is 0 Å². The van der Waals surface area contributed by atoms with Crippen LogP contribution in [-0.2, 0) is 9.53 Å². The van der Waals surface area contributed by atoms with Crippen molar-refractivity contribution in [1.29, 1.82) is 0 Å². The number of carbonyl (C=O) groups is 1. The van der Waals surface area contributed by atoms with Crippen LogP contribution >= 0.6 is 0 Å². The number of likely N-dealkylation sites (tertiary alicyclic amines) is 1. The first-order valence-corrected chi connectivity index (χ1v) is 5.39. The first kappa shape index (κ1) is 11.5. The van der Waals surface area contributed by atoms with E-state index >= 15 is 0 Å². The van der Waals surface area contributed by atoms with E-state index in [4.69, 9.17) is 4.74 Å². The molecule has 2 atom stereocenters. The van der Waals surface area contributed by atoms with Crippen molar-refractivity contribution < 1.29 is 9.53 Å². The second-order valence-electron chi connectivity index (χ2n) is 4.54. The molecule has 0 aromatic carbocycles. The summed E-state index contributed by atoms with van der Waals surface area (Å²) in [7, 11) is 1.46. The fourth-order valence-corrected chi connectivity index (χ4v) is 2.14. The molecule has 1 saturated heterocycles. The van der Waals surface area contributed by atoms with Gasteiger partial charge >= 0.3 is 5.97 Å². The predicted molar refractivity (Wildman–Crippen MR) is 56.0 cm³/mol. The maximum atomic E-state index is 11.3. The molecule has 14 heavy (non-hydrogen) atoms. The zero-order chi connectivity index (χ0) is 10.7. The van der Waals surface area contributed by atoms with E-state index in [0.29, 0.717) is 12.0 Å². The fourth-order valence-electron chi connectivity index (χ4n) is 2.14. The van der Waals surface area contributed by atoms with Crippen molar-refractivity contribution in [3.05, 3.63) is 0 Å². The molecule has 1 aliphatic heterocycles. The number of rotatable bonds is 4. The quantitative estimate of drug-likeness (QED) is 0.645. The van der Waals surface area contributed by atoms with Crippen LogP contribution in [0, 0.1) is 5.92 Å². The average molecular weight is 199 g/mol. The Morgan fingerprint density at radius 3 is 2.50 bits per heavy atom. The first-order valence-electron chi connectivity index (χ1n) is 5.39. The molecule has 82 valence electrons. The molecule has 0 spiro atoms. The van der Waals surface area contributed by atoms with Crippen molar-refractivity contribution in [2.24, 2.45) is 5.92 Å². The second-order valence-corrected chi connectivity index (χ2v) is 4.54. The van der Waals surface area contributed by atoms with Crippen molar-refractivity contribution in [1.82, 2.24) is 4.90 Å². The Balaban J connectivity index is 2.41. The van der Waals surface area contributed by atoms with Gasteiger partial charge in [0.05, 0.1) is 7.11 Å². The van der Waals surface area contributed by atoms with Crippen LogP contribution in [0.1, 0.15) is 33.6 Å². The number of nitrogens with zero attached hydrogens (tertiary/aromatic N) is 1. The standard InChI is InChI=1S/C11H21NO2/c1-8(2)7-9(3)12-6-5-10(12)11(13)14-4/h8-10H,5-7H2,1-4H3. The Morgan fingerprint density at radius 1 is 1.50 bits per heavy atom. The third kappa shape index (κ3) is 2.47. The summed E-state index contributed by atoms with van der Waals surface area (Å²) >= 11 is 0. The second kappa shape index (κ2) is 4.78. The number of esters is 1. The smallest absolute Gasteiger partial charge is 0.323 e. The summed E-state index contributed by atoms with van der Waals surface area (Å²) < 4.78 is 4.76. The monoisotopic (exact) mass is 199 g/mol. The molecule has 0 N–H and O–H groups in total. The molecule has 2 unspecified atom stereocenters. The van der Waals surface area contributed by atoms with E-state index in [1.54, 1.807) is 0 Å². The van der Waals surface area contributed by atoms with Gasteiger partial charge in [-0.1, -0.05) is 13.8 Å². The SMILES string of the molecule is COC(=O)C1CCN1C(C)CC(C)C. The highest BCUT2D eigenvalue weighted by atomic mass is 16.5. The minimum Gasteiger partial charge on any atom is -0.468 e. The van der Waals surface area contributed by atoms with Crippen molar-refractivity contribution >= 4 is 5.97 Å². The van der Waals surface area contributed by atoms with Gasteiger partial charge < -0.3 is 4.74 Å². The third-order valence-electron chi connectivity index (χ3n) is 2.91. The summed E-state index contributed by atoms with van der Waals surface area (Å²) in [5.74, 6) is 0.607. The molecular formula is C11H21NO2. The van der Waals surface area contributed by atoms with Gasteiger partial charge in [0.1, 0.15) is 6.04 Å².